The second-order valence-corrected chi connectivity index (χ2v) is 7.55. The third kappa shape index (κ3) is 2.34. The molecule has 1 heterocycles. The van der Waals surface area contributed by atoms with Crippen LogP contribution in [0, 0.1) is 23.2 Å². The van der Waals surface area contributed by atoms with E-state index in [-0.39, 0.29) is 11.3 Å². The van der Waals surface area contributed by atoms with Crippen LogP contribution in [0.15, 0.2) is 29.5 Å². The van der Waals surface area contributed by atoms with E-state index in [1.807, 2.05) is 6.07 Å². The first-order valence-corrected chi connectivity index (χ1v) is 8.41. The van der Waals surface area contributed by atoms with E-state index in [4.69, 9.17) is 0 Å². The molecule has 1 aromatic heterocycles. The molecule has 4 saturated carbocycles. The van der Waals surface area contributed by atoms with Crippen molar-refractivity contribution in [2.24, 2.45) is 28.3 Å². The number of aromatic nitrogens is 1. The summed E-state index contributed by atoms with van der Waals surface area (Å²) >= 11 is 0. The smallest absolute Gasteiger partial charge is 0.266 e. The zero-order valence-corrected chi connectivity index (χ0v) is 13.1. The molecule has 1 N–H and O–H groups in total. The maximum absolute atomic E-state index is 12.1. The summed E-state index contributed by atoms with van der Waals surface area (Å²) in [7, 11) is 0. The van der Waals surface area contributed by atoms with Crippen LogP contribution < -0.4 is 5.43 Å². The van der Waals surface area contributed by atoms with Crippen molar-refractivity contribution in [3.8, 4) is 0 Å². The minimum absolute atomic E-state index is 0.218. The fraction of sp³-hybridized carbons (Fsp3) is 0.611. The van der Waals surface area contributed by atoms with E-state index >= 15 is 0 Å². The Balaban J connectivity index is 1.49. The number of carbonyl (C=O) groups is 1. The molecule has 0 aromatic carbocycles. The van der Waals surface area contributed by atoms with Gasteiger partial charge in [-0.2, -0.15) is 5.10 Å². The number of rotatable bonds is 3. The van der Waals surface area contributed by atoms with Crippen LogP contribution in [0.5, 0.6) is 0 Å². The lowest BCUT2D eigenvalue weighted by atomic mass is 9.48. The molecule has 0 saturated heterocycles. The van der Waals surface area contributed by atoms with E-state index in [0.717, 1.165) is 23.5 Å². The highest BCUT2D eigenvalue weighted by molar-refractivity contribution is 5.94. The van der Waals surface area contributed by atoms with Crippen molar-refractivity contribution in [3.63, 3.8) is 0 Å². The van der Waals surface area contributed by atoms with Crippen molar-refractivity contribution in [3.05, 3.63) is 30.1 Å². The molecule has 1 amide bonds. The molecule has 4 nitrogen and oxygen atoms in total. The molecule has 4 bridgehead atoms. The second-order valence-electron chi connectivity index (χ2n) is 7.55. The van der Waals surface area contributed by atoms with Gasteiger partial charge >= 0.3 is 0 Å². The highest BCUT2D eigenvalue weighted by atomic mass is 16.2. The van der Waals surface area contributed by atoms with Gasteiger partial charge in [0, 0.05) is 17.3 Å². The number of nitrogens with zero attached hydrogens (tertiary/aromatic N) is 2. The number of nitrogens with one attached hydrogen (secondary N) is 1. The summed E-state index contributed by atoms with van der Waals surface area (Å²) in [5, 5.41) is 4.47. The third-order valence-electron chi connectivity index (χ3n) is 6.03. The van der Waals surface area contributed by atoms with Gasteiger partial charge in [0.2, 0.25) is 0 Å². The highest BCUT2D eigenvalue weighted by Gasteiger charge is 2.52. The van der Waals surface area contributed by atoms with Crippen LogP contribution in [0.3, 0.4) is 0 Å². The zero-order valence-electron chi connectivity index (χ0n) is 13.1. The molecule has 0 radical (unpaired) electrons. The van der Waals surface area contributed by atoms with Crippen molar-refractivity contribution < 1.29 is 4.79 Å². The minimum Gasteiger partial charge on any atom is -0.266 e. The summed E-state index contributed by atoms with van der Waals surface area (Å²) in [4.78, 5) is 16.2. The second kappa shape index (κ2) is 5.18. The molecule has 5 rings (SSSR count). The number of hydrogen-bond acceptors (Lipinski definition) is 3. The lowest BCUT2D eigenvalue weighted by molar-refractivity contribution is -0.0128. The molecule has 0 atom stereocenters. The molecule has 4 aliphatic carbocycles. The Hall–Kier alpha value is -1.71. The van der Waals surface area contributed by atoms with E-state index in [1.165, 1.54) is 38.5 Å². The summed E-state index contributed by atoms with van der Waals surface area (Å²) in [6, 6.07) is 5.34. The van der Waals surface area contributed by atoms with E-state index < -0.39 is 0 Å². The third-order valence-corrected chi connectivity index (χ3v) is 6.03. The molecule has 0 spiro atoms. The van der Waals surface area contributed by atoms with Crippen LogP contribution in [-0.4, -0.2) is 16.6 Å². The lowest BCUT2D eigenvalue weighted by Crippen LogP contribution is -2.49. The Morgan fingerprint density at radius 2 is 1.82 bits per heavy atom. The quantitative estimate of drug-likeness (QED) is 0.686. The van der Waals surface area contributed by atoms with Crippen molar-refractivity contribution >= 4 is 11.6 Å². The zero-order chi connectivity index (χ0) is 15.2. The Labute approximate surface area is 131 Å². The summed E-state index contributed by atoms with van der Waals surface area (Å²) < 4.78 is 0. The van der Waals surface area contributed by atoms with Crippen LogP contribution in [0.4, 0.5) is 0 Å². The molecule has 1 aromatic rings. The average Bonchev–Trinajstić information content (AvgIpc) is 2.51. The molecular weight excluding hydrogens is 274 g/mol. The molecule has 116 valence electrons. The van der Waals surface area contributed by atoms with Gasteiger partial charge in [-0.3, -0.25) is 9.78 Å². The maximum Gasteiger partial charge on any atom is 0.289 e. The van der Waals surface area contributed by atoms with Gasteiger partial charge in [0.05, 0.1) is 0 Å². The van der Waals surface area contributed by atoms with Crippen LogP contribution >= 0.6 is 0 Å². The Kier molecular flexibility index (Phi) is 3.28. The first-order valence-electron chi connectivity index (χ1n) is 8.41. The van der Waals surface area contributed by atoms with Gasteiger partial charge in [0.25, 0.3) is 5.91 Å². The molecule has 4 aliphatic rings. The van der Waals surface area contributed by atoms with E-state index in [1.54, 1.807) is 18.3 Å². The van der Waals surface area contributed by atoms with Gasteiger partial charge in [0.15, 0.2) is 0 Å². The van der Waals surface area contributed by atoms with Crippen LogP contribution in [0.1, 0.15) is 55.9 Å². The van der Waals surface area contributed by atoms with Gasteiger partial charge in [-0.05, 0) is 75.3 Å². The standard InChI is InChI=1S/C18H23N3O/c1-12(20-21-17(22)16-4-2-3-5-19-16)18-9-13-6-14(10-18)8-15(7-13)11-18/h2-5,13-15H,6-11H2,1H3,(H,21,22)/b20-12-. The SMILES string of the molecule is C/C(=N/NC(=O)c1ccccn1)C12CC3CC(CC(C3)C1)C2. The molecule has 0 aliphatic heterocycles. The van der Waals surface area contributed by atoms with Crippen molar-refractivity contribution in [1.82, 2.24) is 10.4 Å². The van der Waals surface area contributed by atoms with Crippen LogP contribution in [0.2, 0.25) is 0 Å². The number of amides is 1. The fourth-order valence-corrected chi connectivity index (χ4v) is 5.36. The van der Waals surface area contributed by atoms with Gasteiger partial charge in [0.1, 0.15) is 5.69 Å². The van der Waals surface area contributed by atoms with E-state index in [2.05, 4.69) is 22.4 Å². The first-order chi connectivity index (χ1) is 10.6. The van der Waals surface area contributed by atoms with Gasteiger partial charge < -0.3 is 0 Å². The summed E-state index contributed by atoms with van der Waals surface area (Å²) in [5.74, 6) is 2.46. The van der Waals surface area contributed by atoms with Crippen LogP contribution in [0.25, 0.3) is 0 Å². The largest absolute Gasteiger partial charge is 0.289 e. The Bertz CT molecular complexity index is 573. The molecule has 0 unspecified atom stereocenters. The Morgan fingerprint density at radius 1 is 1.18 bits per heavy atom. The van der Waals surface area contributed by atoms with E-state index in [9.17, 15) is 4.79 Å². The fourth-order valence-electron chi connectivity index (χ4n) is 5.36. The first kappa shape index (κ1) is 13.9. The van der Waals surface area contributed by atoms with Gasteiger partial charge in [-0.15, -0.1) is 0 Å². The topological polar surface area (TPSA) is 54.4 Å². The normalized spacial score (nSPS) is 36.4. The molecule has 4 fully saturated rings. The molecular formula is C18H23N3O. The van der Waals surface area contributed by atoms with Crippen molar-refractivity contribution in [1.29, 1.82) is 0 Å². The van der Waals surface area contributed by atoms with Gasteiger partial charge in [-0.1, -0.05) is 6.07 Å². The van der Waals surface area contributed by atoms with Gasteiger partial charge in [-0.25, -0.2) is 5.43 Å². The monoisotopic (exact) mass is 297 g/mol. The maximum atomic E-state index is 12.1. The Morgan fingerprint density at radius 3 is 2.36 bits per heavy atom. The number of pyridine rings is 1. The molecule has 4 heteroatoms. The lowest BCUT2D eigenvalue weighted by Gasteiger charge is -2.56. The predicted molar refractivity (Wildman–Crippen MR) is 85.4 cm³/mol. The van der Waals surface area contributed by atoms with Crippen molar-refractivity contribution in [2.75, 3.05) is 0 Å². The average molecular weight is 297 g/mol. The number of hydrazone groups is 1. The van der Waals surface area contributed by atoms with Crippen LogP contribution in [-0.2, 0) is 0 Å². The summed E-state index contributed by atoms with van der Waals surface area (Å²) in [5.41, 5.74) is 4.51. The minimum atomic E-state index is -0.218. The van der Waals surface area contributed by atoms with Crippen molar-refractivity contribution in [2.45, 2.75) is 45.4 Å². The highest BCUT2D eigenvalue weighted by Crippen LogP contribution is 2.60. The number of carbonyl (C=O) groups excluding carboxylic acids is 1. The van der Waals surface area contributed by atoms with E-state index in [0.29, 0.717) is 5.69 Å². The summed E-state index contributed by atoms with van der Waals surface area (Å²) in [6.45, 7) is 2.10. The number of hydrogen-bond donors (Lipinski definition) is 1. The molecule has 22 heavy (non-hydrogen) atoms. The predicted octanol–water partition coefficient (Wildman–Crippen LogP) is 3.40. The summed E-state index contributed by atoms with van der Waals surface area (Å²) in [6.07, 6.45) is 9.71.